The molecule has 0 unspecified atom stereocenters. The van der Waals surface area contributed by atoms with Crippen LogP contribution in [0.5, 0.6) is 0 Å². The predicted octanol–water partition coefficient (Wildman–Crippen LogP) is 4.03. The molecule has 0 aliphatic carbocycles. The number of pyridine rings is 1. The minimum Gasteiger partial charge on any atom is -0.322 e. The largest absolute Gasteiger partial charge is 0.322 e. The standard InChI is InChI=1S/C20H16FN5O/c1-11-9-17(16-8-5-14(21)10-18(16)22-11)20(27)24-15-6-3-13(4-7-15)19-23-12(2)25-26-19/h3-10H,1-2H3,(H,24,27)(H,23,25,26). The molecular formula is C20H16FN5O. The Morgan fingerprint density at radius 1 is 1.04 bits per heavy atom. The second kappa shape index (κ2) is 6.60. The highest BCUT2D eigenvalue weighted by Crippen LogP contribution is 2.22. The van der Waals surface area contributed by atoms with Gasteiger partial charge in [0.05, 0.1) is 11.1 Å². The summed E-state index contributed by atoms with van der Waals surface area (Å²) in [5.74, 6) is 0.672. The van der Waals surface area contributed by atoms with Gasteiger partial charge in [-0.05, 0) is 56.3 Å². The second-order valence-corrected chi connectivity index (χ2v) is 6.25. The van der Waals surface area contributed by atoms with Crippen molar-refractivity contribution in [2.24, 2.45) is 0 Å². The van der Waals surface area contributed by atoms with Crippen molar-refractivity contribution in [1.82, 2.24) is 20.2 Å². The van der Waals surface area contributed by atoms with Crippen LogP contribution in [0.4, 0.5) is 10.1 Å². The normalized spacial score (nSPS) is 10.9. The van der Waals surface area contributed by atoms with Crippen LogP contribution in [0.2, 0.25) is 0 Å². The summed E-state index contributed by atoms with van der Waals surface area (Å²) >= 11 is 0. The Morgan fingerprint density at radius 2 is 1.81 bits per heavy atom. The van der Waals surface area contributed by atoms with Crippen LogP contribution >= 0.6 is 0 Å². The smallest absolute Gasteiger partial charge is 0.256 e. The zero-order valence-corrected chi connectivity index (χ0v) is 14.7. The van der Waals surface area contributed by atoms with Gasteiger partial charge in [0.15, 0.2) is 5.82 Å². The third-order valence-corrected chi connectivity index (χ3v) is 4.14. The van der Waals surface area contributed by atoms with Crippen molar-refractivity contribution >= 4 is 22.5 Å². The number of aromatic amines is 1. The Kier molecular flexibility index (Phi) is 4.12. The van der Waals surface area contributed by atoms with E-state index < -0.39 is 0 Å². The minimum absolute atomic E-state index is 0.279. The third-order valence-electron chi connectivity index (χ3n) is 4.14. The molecule has 2 heterocycles. The topological polar surface area (TPSA) is 83.6 Å². The number of nitrogens with one attached hydrogen (secondary N) is 2. The van der Waals surface area contributed by atoms with Crippen LogP contribution in [-0.2, 0) is 0 Å². The van der Waals surface area contributed by atoms with E-state index >= 15 is 0 Å². The molecule has 0 fully saturated rings. The molecule has 2 aromatic carbocycles. The summed E-state index contributed by atoms with van der Waals surface area (Å²) in [5.41, 5.74) is 3.04. The monoisotopic (exact) mass is 361 g/mol. The fourth-order valence-electron chi connectivity index (χ4n) is 2.89. The van der Waals surface area contributed by atoms with Gasteiger partial charge in [-0.15, -0.1) is 0 Å². The highest BCUT2D eigenvalue weighted by molar-refractivity contribution is 6.12. The first-order valence-electron chi connectivity index (χ1n) is 8.37. The van der Waals surface area contributed by atoms with E-state index in [0.717, 1.165) is 11.4 Å². The minimum atomic E-state index is -0.384. The van der Waals surface area contributed by atoms with E-state index in [1.807, 2.05) is 19.1 Å². The summed E-state index contributed by atoms with van der Waals surface area (Å²) < 4.78 is 13.5. The molecule has 6 nitrogen and oxygen atoms in total. The van der Waals surface area contributed by atoms with Gasteiger partial charge in [0.1, 0.15) is 11.6 Å². The molecule has 0 saturated carbocycles. The maximum absolute atomic E-state index is 13.5. The number of nitrogens with zero attached hydrogens (tertiary/aromatic N) is 3. The first kappa shape index (κ1) is 16.8. The fraction of sp³-hybridized carbons (Fsp3) is 0.100. The van der Waals surface area contributed by atoms with Crippen LogP contribution in [0.1, 0.15) is 21.9 Å². The number of rotatable bonds is 3. The van der Waals surface area contributed by atoms with Crippen molar-refractivity contribution in [3.63, 3.8) is 0 Å². The predicted molar refractivity (Wildman–Crippen MR) is 101 cm³/mol. The Bertz CT molecular complexity index is 1150. The van der Waals surface area contributed by atoms with Crippen molar-refractivity contribution in [3.8, 4) is 11.4 Å². The van der Waals surface area contributed by atoms with E-state index in [-0.39, 0.29) is 11.7 Å². The molecule has 7 heteroatoms. The summed E-state index contributed by atoms with van der Waals surface area (Å²) in [5, 5.41) is 10.4. The lowest BCUT2D eigenvalue weighted by molar-refractivity contribution is 0.102. The third kappa shape index (κ3) is 3.39. The van der Waals surface area contributed by atoms with Crippen LogP contribution in [0, 0.1) is 19.7 Å². The number of aromatic nitrogens is 4. The maximum Gasteiger partial charge on any atom is 0.256 e. The van der Waals surface area contributed by atoms with E-state index in [1.165, 1.54) is 12.1 Å². The molecule has 2 N–H and O–H groups in total. The van der Waals surface area contributed by atoms with Gasteiger partial charge in [-0.3, -0.25) is 14.9 Å². The van der Waals surface area contributed by atoms with E-state index in [2.05, 4.69) is 25.5 Å². The van der Waals surface area contributed by atoms with Crippen molar-refractivity contribution in [2.45, 2.75) is 13.8 Å². The molecular weight excluding hydrogens is 345 g/mol. The summed E-state index contributed by atoms with van der Waals surface area (Å²) in [7, 11) is 0. The summed E-state index contributed by atoms with van der Waals surface area (Å²) in [6, 6.07) is 13.2. The average Bonchev–Trinajstić information content (AvgIpc) is 3.07. The molecule has 0 radical (unpaired) electrons. The van der Waals surface area contributed by atoms with Crippen molar-refractivity contribution in [2.75, 3.05) is 5.32 Å². The Balaban J connectivity index is 1.62. The van der Waals surface area contributed by atoms with Crippen LogP contribution in [0.25, 0.3) is 22.3 Å². The van der Waals surface area contributed by atoms with Gasteiger partial charge in [0.25, 0.3) is 5.91 Å². The molecule has 1 amide bonds. The number of anilines is 1. The summed E-state index contributed by atoms with van der Waals surface area (Å²) in [6.07, 6.45) is 0. The second-order valence-electron chi connectivity index (χ2n) is 6.25. The van der Waals surface area contributed by atoms with Gasteiger partial charge in [-0.1, -0.05) is 0 Å². The lowest BCUT2D eigenvalue weighted by Gasteiger charge is -2.09. The lowest BCUT2D eigenvalue weighted by atomic mass is 10.1. The van der Waals surface area contributed by atoms with Crippen LogP contribution in [-0.4, -0.2) is 26.1 Å². The van der Waals surface area contributed by atoms with Gasteiger partial charge in [0, 0.05) is 28.4 Å². The number of hydrogen-bond donors (Lipinski definition) is 2. The van der Waals surface area contributed by atoms with Crippen molar-refractivity contribution in [3.05, 3.63) is 71.4 Å². The average molecular weight is 361 g/mol. The van der Waals surface area contributed by atoms with Gasteiger partial charge < -0.3 is 5.32 Å². The Hall–Kier alpha value is -3.61. The maximum atomic E-state index is 13.5. The van der Waals surface area contributed by atoms with Gasteiger partial charge in [-0.25, -0.2) is 9.37 Å². The van der Waals surface area contributed by atoms with Crippen molar-refractivity contribution in [1.29, 1.82) is 0 Å². The Labute approximate surface area is 154 Å². The van der Waals surface area contributed by atoms with Gasteiger partial charge in [-0.2, -0.15) is 5.10 Å². The van der Waals surface area contributed by atoms with E-state index in [1.54, 1.807) is 31.2 Å². The number of halogens is 1. The highest BCUT2D eigenvalue weighted by Gasteiger charge is 2.13. The first-order chi connectivity index (χ1) is 13.0. The molecule has 0 spiro atoms. The number of aryl methyl sites for hydroxylation is 2. The molecule has 27 heavy (non-hydrogen) atoms. The molecule has 0 bridgehead atoms. The molecule has 4 aromatic rings. The molecule has 4 rings (SSSR count). The quantitative estimate of drug-likeness (QED) is 0.577. The number of hydrogen-bond acceptors (Lipinski definition) is 4. The molecule has 0 aliphatic heterocycles. The van der Waals surface area contributed by atoms with Crippen molar-refractivity contribution < 1.29 is 9.18 Å². The lowest BCUT2D eigenvalue weighted by Crippen LogP contribution is -2.13. The van der Waals surface area contributed by atoms with Crippen LogP contribution in [0.15, 0.2) is 48.5 Å². The number of fused-ring (bicyclic) bond motifs is 1. The highest BCUT2D eigenvalue weighted by atomic mass is 19.1. The fourth-order valence-corrected chi connectivity index (χ4v) is 2.89. The zero-order valence-electron chi connectivity index (χ0n) is 14.7. The summed E-state index contributed by atoms with van der Waals surface area (Å²) in [4.78, 5) is 21.3. The van der Waals surface area contributed by atoms with E-state index in [9.17, 15) is 9.18 Å². The van der Waals surface area contributed by atoms with E-state index in [0.29, 0.717) is 33.7 Å². The zero-order chi connectivity index (χ0) is 19.0. The molecule has 134 valence electrons. The SMILES string of the molecule is Cc1cc(C(=O)Nc2ccc(-c3n[nH]c(C)n3)cc2)c2ccc(F)cc2n1. The number of amides is 1. The molecule has 0 saturated heterocycles. The first-order valence-corrected chi connectivity index (χ1v) is 8.37. The van der Waals surface area contributed by atoms with Gasteiger partial charge in [0.2, 0.25) is 0 Å². The Morgan fingerprint density at radius 3 is 2.52 bits per heavy atom. The number of benzene rings is 2. The number of carbonyl (C=O) groups is 1. The van der Waals surface area contributed by atoms with E-state index in [4.69, 9.17) is 0 Å². The van der Waals surface area contributed by atoms with Crippen LogP contribution < -0.4 is 5.32 Å². The number of carbonyl (C=O) groups excluding carboxylic acids is 1. The summed E-state index contributed by atoms with van der Waals surface area (Å²) in [6.45, 7) is 3.60. The number of H-pyrrole nitrogens is 1. The van der Waals surface area contributed by atoms with Crippen LogP contribution in [0.3, 0.4) is 0 Å². The van der Waals surface area contributed by atoms with Gasteiger partial charge >= 0.3 is 0 Å². The molecule has 0 aliphatic rings. The molecule has 0 atom stereocenters. The molecule has 2 aromatic heterocycles.